The van der Waals surface area contributed by atoms with Crippen molar-refractivity contribution in [1.29, 1.82) is 0 Å². The van der Waals surface area contributed by atoms with Gasteiger partial charge in [-0.1, -0.05) is 44.7 Å². The Morgan fingerprint density at radius 2 is 2.17 bits per heavy atom. The molecular formula is C14H26N4. The first-order chi connectivity index (χ1) is 8.74. The van der Waals surface area contributed by atoms with Gasteiger partial charge in [0.05, 0.1) is 5.69 Å². The van der Waals surface area contributed by atoms with E-state index in [1.165, 1.54) is 32.1 Å². The molecule has 1 aromatic heterocycles. The summed E-state index contributed by atoms with van der Waals surface area (Å²) in [5, 5.41) is 11.8. The summed E-state index contributed by atoms with van der Waals surface area (Å²) >= 11 is 0. The fourth-order valence-electron chi connectivity index (χ4n) is 2.63. The van der Waals surface area contributed by atoms with Crippen molar-refractivity contribution in [3.05, 3.63) is 11.9 Å². The molecule has 1 saturated carbocycles. The van der Waals surface area contributed by atoms with E-state index in [0.29, 0.717) is 5.92 Å². The van der Waals surface area contributed by atoms with E-state index in [9.17, 15) is 0 Å². The van der Waals surface area contributed by atoms with Crippen molar-refractivity contribution in [1.82, 2.24) is 20.3 Å². The summed E-state index contributed by atoms with van der Waals surface area (Å²) in [6.45, 7) is 7.33. The topological polar surface area (TPSA) is 42.7 Å². The van der Waals surface area contributed by atoms with Crippen molar-refractivity contribution in [3.8, 4) is 0 Å². The fraction of sp³-hybridized carbons (Fsp3) is 0.857. The molecular weight excluding hydrogens is 224 g/mol. The Bertz CT molecular complexity index is 339. The van der Waals surface area contributed by atoms with Gasteiger partial charge in [-0.05, 0) is 24.8 Å². The molecule has 102 valence electrons. The van der Waals surface area contributed by atoms with Gasteiger partial charge in [-0.15, -0.1) is 5.10 Å². The molecule has 2 rings (SSSR count). The van der Waals surface area contributed by atoms with Crippen LogP contribution in [0.1, 0.15) is 51.6 Å². The summed E-state index contributed by atoms with van der Waals surface area (Å²) < 4.78 is 2.00. The quantitative estimate of drug-likeness (QED) is 0.809. The second kappa shape index (κ2) is 6.88. The molecule has 18 heavy (non-hydrogen) atoms. The molecule has 1 heterocycles. The lowest BCUT2D eigenvalue weighted by molar-refractivity contribution is 0.434. The number of aryl methyl sites for hydroxylation is 1. The molecule has 4 nitrogen and oxygen atoms in total. The van der Waals surface area contributed by atoms with Gasteiger partial charge in [-0.3, -0.25) is 4.68 Å². The monoisotopic (exact) mass is 250 g/mol. The average molecular weight is 250 g/mol. The van der Waals surface area contributed by atoms with Crippen LogP contribution in [0.3, 0.4) is 0 Å². The predicted octanol–water partition coefficient (Wildman–Crippen LogP) is 2.60. The van der Waals surface area contributed by atoms with Crippen molar-refractivity contribution in [2.45, 2.75) is 59.0 Å². The van der Waals surface area contributed by atoms with Crippen molar-refractivity contribution in [3.63, 3.8) is 0 Å². The van der Waals surface area contributed by atoms with Crippen LogP contribution in [-0.4, -0.2) is 21.5 Å². The minimum Gasteiger partial charge on any atom is -0.311 e. The van der Waals surface area contributed by atoms with Crippen LogP contribution in [0.2, 0.25) is 0 Å². The number of hydrogen-bond donors (Lipinski definition) is 1. The molecule has 0 saturated heterocycles. The van der Waals surface area contributed by atoms with Crippen LogP contribution in [-0.2, 0) is 13.1 Å². The van der Waals surface area contributed by atoms with Crippen molar-refractivity contribution in [2.24, 2.45) is 11.8 Å². The molecule has 0 bridgehead atoms. The van der Waals surface area contributed by atoms with Gasteiger partial charge < -0.3 is 5.32 Å². The average Bonchev–Trinajstić information content (AvgIpc) is 2.96. The molecule has 0 unspecified atom stereocenters. The number of aromatic nitrogens is 3. The lowest BCUT2D eigenvalue weighted by Crippen LogP contribution is -2.19. The molecule has 0 aliphatic heterocycles. The zero-order valence-corrected chi connectivity index (χ0v) is 11.7. The highest BCUT2D eigenvalue weighted by atomic mass is 15.4. The summed E-state index contributed by atoms with van der Waals surface area (Å²) in [4.78, 5) is 0. The Hall–Kier alpha value is -0.900. The largest absolute Gasteiger partial charge is 0.311 e. The van der Waals surface area contributed by atoms with Gasteiger partial charge in [0.25, 0.3) is 0 Å². The third-order valence-corrected chi connectivity index (χ3v) is 3.69. The molecule has 0 amide bonds. The summed E-state index contributed by atoms with van der Waals surface area (Å²) in [7, 11) is 0. The Balaban J connectivity index is 1.68. The molecule has 1 N–H and O–H groups in total. The van der Waals surface area contributed by atoms with Crippen molar-refractivity contribution < 1.29 is 0 Å². The lowest BCUT2D eigenvalue weighted by Gasteiger charge is -2.07. The molecule has 1 fully saturated rings. The van der Waals surface area contributed by atoms with Crippen molar-refractivity contribution in [2.75, 3.05) is 6.54 Å². The zero-order valence-electron chi connectivity index (χ0n) is 11.7. The second-order valence-electron chi connectivity index (χ2n) is 5.94. The van der Waals surface area contributed by atoms with Crippen LogP contribution in [0.15, 0.2) is 6.20 Å². The highest BCUT2D eigenvalue weighted by Crippen LogP contribution is 2.27. The van der Waals surface area contributed by atoms with E-state index in [-0.39, 0.29) is 0 Å². The SMILES string of the molecule is CC(C)CNCc1cn(CCC2CCCC2)nn1. The smallest absolute Gasteiger partial charge is 0.0964 e. The maximum atomic E-state index is 4.21. The van der Waals surface area contributed by atoms with E-state index in [2.05, 4.69) is 35.7 Å². The normalized spacial score (nSPS) is 16.8. The number of hydrogen-bond acceptors (Lipinski definition) is 3. The Kier molecular flexibility index (Phi) is 5.17. The third kappa shape index (κ3) is 4.41. The first kappa shape index (κ1) is 13.5. The lowest BCUT2D eigenvalue weighted by atomic mass is 10.0. The molecule has 0 spiro atoms. The highest BCUT2D eigenvalue weighted by Gasteiger charge is 2.14. The van der Waals surface area contributed by atoms with Crippen LogP contribution < -0.4 is 5.32 Å². The minimum absolute atomic E-state index is 0.683. The Morgan fingerprint density at radius 3 is 2.89 bits per heavy atom. The van der Waals surface area contributed by atoms with Crippen LogP contribution in [0.5, 0.6) is 0 Å². The predicted molar refractivity (Wildman–Crippen MR) is 73.1 cm³/mol. The molecule has 0 aromatic carbocycles. The maximum absolute atomic E-state index is 4.21. The molecule has 0 radical (unpaired) electrons. The molecule has 1 aliphatic carbocycles. The van der Waals surface area contributed by atoms with E-state index in [1.54, 1.807) is 0 Å². The Morgan fingerprint density at radius 1 is 1.39 bits per heavy atom. The minimum atomic E-state index is 0.683. The van der Waals surface area contributed by atoms with Crippen LogP contribution in [0, 0.1) is 11.8 Å². The van der Waals surface area contributed by atoms with E-state index in [4.69, 9.17) is 0 Å². The van der Waals surface area contributed by atoms with Gasteiger partial charge in [0.1, 0.15) is 0 Å². The maximum Gasteiger partial charge on any atom is 0.0964 e. The van der Waals surface area contributed by atoms with Gasteiger partial charge in [0, 0.05) is 19.3 Å². The molecule has 1 aromatic rings. The summed E-state index contributed by atoms with van der Waals surface area (Å²) in [5.41, 5.74) is 1.06. The first-order valence-electron chi connectivity index (χ1n) is 7.34. The van der Waals surface area contributed by atoms with Crippen LogP contribution in [0.25, 0.3) is 0 Å². The van der Waals surface area contributed by atoms with Gasteiger partial charge in [0.15, 0.2) is 0 Å². The third-order valence-electron chi connectivity index (χ3n) is 3.69. The number of nitrogens with one attached hydrogen (secondary N) is 1. The van der Waals surface area contributed by atoms with Gasteiger partial charge in [0.2, 0.25) is 0 Å². The van der Waals surface area contributed by atoms with Gasteiger partial charge >= 0.3 is 0 Å². The fourth-order valence-corrected chi connectivity index (χ4v) is 2.63. The number of rotatable bonds is 7. The molecule has 4 heteroatoms. The standard InChI is InChI=1S/C14H26N4/c1-12(2)9-15-10-14-11-18(17-16-14)8-7-13-5-3-4-6-13/h11-13,15H,3-10H2,1-2H3. The van der Waals surface area contributed by atoms with E-state index in [0.717, 1.165) is 31.2 Å². The first-order valence-corrected chi connectivity index (χ1v) is 7.34. The Labute approximate surface area is 110 Å². The van der Waals surface area contributed by atoms with Crippen LogP contribution in [0.4, 0.5) is 0 Å². The zero-order chi connectivity index (χ0) is 12.8. The van der Waals surface area contributed by atoms with E-state index in [1.807, 2.05) is 4.68 Å². The molecule has 1 aliphatic rings. The second-order valence-corrected chi connectivity index (χ2v) is 5.94. The number of nitrogens with zero attached hydrogens (tertiary/aromatic N) is 3. The van der Waals surface area contributed by atoms with Gasteiger partial charge in [-0.2, -0.15) is 0 Å². The summed E-state index contributed by atoms with van der Waals surface area (Å²) in [5.74, 6) is 1.61. The summed E-state index contributed by atoms with van der Waals surface area (Å²) in [6.07, 6.45) is 9.03. The van der Waals surface area contributed by atoms with Gasteiger partial charge in [-0.25, -0.2) is 0 Å². The highest BCUT2D eigenvalue weighted by molar-refractivity contribution is 4.91. The summed E-state index contributed by atoms with van der Waals surface area (Å²) in [6, 6.07) is 0. The van der Waals surface area contributed by atoms with Crippen molar-refractivity contribution >= 4 is 0 Å². The van der Waals surface area contributed by atoms with Crippen LogP contribution >= 0.6 is 0 Å². The van der Waals surface area contributed by atoms with E-state index >= 15 is 0 Å². The van der Waals surface area contributed by atoms with E-state index < -0.39 is 0 Å². The molecule has 0 atom stereocenters.